The van der Waals surface area contributed by atoms with Gasteiger partial charge in [0.25, 0.3) is 5.91 Å². The molecule has 0 bridgehead atoms. The van der Waals surface area contributed by atoms with Gasteiger partial charge in [-0.2, -0.15) is 0 Å². The fourth-order valence-corrected chi connectivity index (χ4v) is 2.81. The summed E-state index contributed by atoms with van der Waals surface area (Å²) in [7, 11) is 0. The van der Waals surface area contributed by atoms with E-state index in [0.717, 1.165) is 12.1 Å². The number of hydrogen-bond donors (Lipinski definition) is 1. The zero-order valence-corrected chi connectivity index (χ0v) is 13.5. The monoisotopic (exact) mass is 328 g/mol. The van der Waals surface area contributed by atoms with E-state index in [2.05, 4.69) is 12.2 Å². The molecule has 118 valence electrons. The quantitative estimate of drug-likeness (QED) is 0.872. The molecule has 4 nitrogen and oxygen atoms in total. The van der Waals surface area contributed by atoms with Crippen LogP contribution in [0.25, 0.3) is 0 Å². The van der Waals surface area contributed by atoms with Gasteiger partial charge in [-0.05, 0) is 48.4 Å². The minimum Gasteiger partial charge on any atom is -0.373 e. The number of carbonyl (C=O) groups is 2. The average molecular weight is 329 g/mol. The summed E-state index contributed by atoms with van der Waals surface area (Å²) >= 11 is 5.85. The van der Waals surface area contributed by atoms with Gasteiger partial charge < -0.3 is 5.32 Å². The summed E-state index contributed by atoms with van der Waals surface area (Å²) in [6.45, 7) is 2.08. The van der Waals surface area contributed by atoms with Crippen molar-refractivity contribution in [2.24, 2.45) is 0 Å². The Labute approximate surface area is 140 Å². The van der Waals surface area contributed by atoms with Gasteiger partial charge in [-0.15, -0.1) is 0 Å². The Morgan fingerprint density at radius 3 is 2.61 bits per heavy atom. The van der Waals surface area contributed by atoms with Gasteiger partial charge in [0.2, 0.25) is 5.91 Å². The molecule has 2 aromatic rings. The Bertz CT molecular complexity index is 743. The van der Waals surface area contributed by atoms with E-state index in [1.165, 1.54) is 10.5 Å². The predicted octanol–water partition coefficient (Wildman–Crippen LogP) is 3.65. The number of halogens is 1. The van der Waals surface area contributed by atoms with Gasteiger partial charge in [0, 0.05) is 10.7 Å². The van der Waals surface area contributed by atoms with Crippen LogP contribution in [0.3, 0.4) is 0 Å². The van der Waals surface area contributed by atoms with Crippen molar-refractivity contribution in [3.8, 4) is 0 Å². The van der Waals surface area contributed by atoms with Crippen molar-refractivity contribution in [2.45, 2.75) is 25.8 Å². The molecule has 1 unspecified atom stereocenters. The Morgan fingerprint density at radius 2 is 1.91 bits per heavy atom. The molecule has 1 heterocycles. The lowest BCUT2D eigenvalue weighted by Crippen LogP contribution is -2.34. The number of hydrogen-bond acceptors (Lipinski definition) is 3. The number of anilines is 2. The Morgan fingerprint density at radius 1 is 1.17 bits per heavy atom. The van der Waals surface area contributed by atoms with Crippen molar-refractivity contribution in [1.29, 1.82) is 0 Å². The maximum atomic E-state index is 12.6. The van der Waals surface area contributed by atoms with Crippen LogP contribution < -0.4 is 10.2 Å². The molecule has 0 aliphatic carbocycles. The minimum absolute atomic E-state index is 0.151. The van der Waals surface area contributed by atoms with Crippen LogP contribution in [0, 0.1) is 0 Å². The highest BCUT2D eigenvalue weighted by atomic mass is 35.5. The van der Waals surface area contributed by atoms with Crippen LogP contribution in [0.15, 0.2) is 48.5 Å². The second kappa shape index (κ2) is 6.42. The molecule has 3 rings (SSSR count). The maximum absolute atomic E-state index is 12.6. The van der Waals surface area contributed by atoms with Crippen LogP contribution in [0.1, 0.15) is 18.9 Å². The number of rotatable bonds is 4. The molecule has 0 radical (unpaired) electrons. The van der Waals surface area contributed by atoms with Gasteiger partial charge in [-0.1, -0.05) is 30.7 Å². The number of benzene rings is 2. The molecule has 5 heteroatoms. The number of aryl methyl sites for hydroxylation is 1. The van der Waals surface area contributed by atoms with Crippen LogP contribution in [0.2, 0.25) is 5.02 Å². The summed E-state index contributed by atoms with van der Waals surface area (Å²) in [5, 5.41) is 3.74. The second-order valence-electron chi connectivity index (χ2n) is 5.50. The summed E-state index contributed by atoms with van der Waals surface area (Å²) < 4.78 is 0. The van der Waals surface area contributed by atoms with Gasteiger partial charge >= 0.3 is 0 Å². The number of nitrogens with one attached hydrogen (secondary N) is 1. The van der Waals surface area contributed by atoms with Gasteiger partial charge in [0.15, 0.2) is 0 Å². The van der Waals surface area contributed by atoms with Crippen LogP contribution in [0.4, 0.5) is 11.4 Å². The van der Waals surface area contributed by atoms with Gasteiger partial charge in [-0.3, -0.25) is 9.59 Å². The molecule has 1 N–H and O–H groups in total. The molecule has 0 saturated carbocycles. The largest absolute Gasteiger partial charge is 0.373 e. The maximum Gasteiger partial charge on any atom is 0.256 e. The van der Waals surface area contributed by atoms with Gasteiger partial charge in [0.05, 0.1) is 12.1 Å². The molecule has 1 fully saturated rings. The Balaban J connectivity index is 1.79. The van der Waals surface area contributed by atoms with E-state index in [-0.39, 0.29) is 18.2 Å². The summed E-state index contributed by atoms with van der Waals surface area (Å²) in [6, 6.07) is 14.0. The van der Waals surface area contributed by atoms with Crippen molar-refractivity contribution in [3.63, 3.8) is 0 Å². The van der Waals surface area contributed by atoms with Crippen molar-refractivity contribution in [1.82, 2.24) is 0 Å². The molecule has 0 spiro atoms. The highest BCUT2D eigenvalue weighted by Gasteiger charge is 2.39. The third kappa shape index (κ3) is 3.22. The molecular formula is C18H17ClN2O2. The molecule has 1 aliphatic heterocycles. The first-order valence-corrected chi connectivity index (χ1v) is 7.94. The lowest BCUT2D eigenvalue weighted by Gasteiger charge is -2.16. The van der Waals surface area contributed by atoms with E-state index < -0.39 is 6.04 Å². The van der Waals surface area contributed by atoms with E-state index in [4.69, 9.17) is 11.6 Å². The standard InChI is InChI=1S/C18H17ClN2O2/c1-2-12-4-3-5-14(10-12)20-16-11-17(22)21(18(16)23)15-8-6-13(19)7-9-15/h3-10,16,20H,2,11H2,1H3. The van der Waals surface area contributed by atoms with Gasteiger partial charge in [-0.25, -0.2) is 4.90 Å². The van der Waals surface area contributed by atoms with E-state index >= 15 is 0 Å². The summed E-state index contributed by atoms with van der Waals surface area (Å²) in [6.07, 6.45) is 1.07. The molecular weight excluding hydrogens is 312 g/mol. The first kappa shape index (κ1) is 15.6. The van der Waals surface area contributed by atoms with E-state index in [1.54, 1.807) is 24.3 Å². The lowest BCUT2D eigenvalue weighted by molar-refractivity contribution is -0.121. The number of amides is 2. The van der Waals surface area contributed by atoms with Crippen molar-refractivity contribution < 1.29 is 9.59 Å². The minimum atomic E-state index is -0.537. The summed E-state index contributed by atoms with van der Waals surface area (Å²) in [5.74, 6) is -0.444. The fourth-order valence-electron chi connectivity index (χ4n) is 2.69. The molecule has 2 aromatic carbocycles. The van der Waals surface area contributed by atoms with Crippen molar-refractivity contribution >= 4 is 34.8 Å². The molecule has 2 amide bonds. The number of nitrogens with zero attached hydrogens (tertiary/aromatic N) is 1. The first-order valence-electron chi connectivity index (χ1n) is 7.56. The van der Waals surface area contributed by atoms with E-state index in [9.17, 15) is 9.59 Å². The van der Waals surface area contributed by atoms with Crippen molar-refractivity contribution in [2.75, 3.05) is 10.2 Å². The molecule has 0 aromatic heterocycles. The first-order chi connectivity index (χ1) is 11.1. The number of carbonyl (C=O) groups excluding carboxylic acids is 2. The topological polar surface area (TPSA) is 49.4 Å². The predicted molar refractivity (Wildman–Crippen MR) is 91.8 cm³/mol. The zero-order chi connectivity index (χ0) is 16.4. The molecule has 1 aliphatic rings. The van der Waals surface area contributed by atoms with E-state index in [0.29, 0.717) is 10.7 Å². The molecule has 1 saturated heterocycles. The second-order valence-corrected chi connectivity index (χ2v) is 5.94. The normalized spacial score (nSPS) is 17.7. The highest BCUT2D eigenvalue weighted by Crippen LogP contribution is 2.26. The smallest absolute Gasteiger partial charge is 0.256 e. The summed E-state index contributed by atoms with van der Waals surface area (Å²) in [5.41, 5.74) is 2.59. The van der Waals surface area contributed by atoms with Crippen LogP contribution in [-0.4, -0.2) is 17.9 Å². The number of imide groups is 1. The average Bonchev–Trinajstić information content (AvgIpc) is 2.83. The van der Waals surface area contributed by atoms with Crippen LogP contribution in [0.5, 0.6) is 0 Å². The lowest BCUT2D eigenvalue weighted by atomic mass is 10.1. The van der Waals surface area contributed by atoms with Crippen LogP contribution >= 0.6 is 11.6 Å². The summed E-state index contributed by atoms with van der Waals surface area (Å²) in [4.78, 5) is 26.0. The molecule has 23 heavy (non-hydrogen) atoms. The third-order valence-corrected chi connectivity index (χ3v) is 4.16. The van der Waals surface area contributed by atoms with Gasteiger partial charge in [0.1, 0.15) is 6.04 Å². The zero-order valence-electron chi connectivity index (χ0n) is 12.8. The van der Waals surface area contributed by atoms with Crippen LogP contribution in [-0.2, 0) is 16.0 Å². The fraction of sp³-hybridized carbons (Fsp3) is 0.222. The highest BCUT2D eigenvalue weighted by molar-refractivity contribution is 6.30. The van der Waals surface area contributed by atoms with Crippen molar-refractivity contribution in [3.05, 3.63) is 59.1 Å². The Kier molecular flexibility index (Phi) is 4.35. The SMILES string of the molecule is CCc1cccc(NC2CC(=O)N(c3ccc(Cl)cc3)C2=O)c1. The Hall–Kier alpha value is -2.33. The third-order valence-electron chi connectivity index (χ3n) is 3.91. The van der Waals surface area contributed by atoms with E-state index in [1.807, 2.05) is 24.3 Å². The molecule has 1 atom stereocenters.